The third-order valence-electron chi connectivity index (χ3n) is 5.75. The third-order valence-corrected chi connectivity index (χ3v) is 5.75. The third kappa shape index (κ3) is 4.22. The number of nitrogens with zero attached hydrogens (tertiary/aromatic N) is 3. The number of carbonyl (C=O) groups excluding carboxylic acids is 1. The monoisotopic (exact) mass is 490 g/mol. The van der Waals surface area contributed by atoms with Crippen LogP contribution in [0.1, 0.15) is 5.56 Å². The van der Waals surface area contributed by atoms with Gasteiger partial charge < -0.3 is 24.3 Å². The highest BCUT2D eigenvalue weighted by Gasteiger charge is 2.19. The molecular weight excluding hydrogens is 468 g/mol. The molecule has 0 saturated heterocycles. The van der Waals surface area contributed by atoms with Crippen LogP contribution in [0, 0.1) is 0 Å². The average Bonchev–Trinajstić information content (AvgIpc) is 3.37. The van der Waals surface area contributed by atoms with Crippen molar-refractivity contribution < 1.29 is 23.7 Å². The first-order valence-corrected chi connectivity index (χ1v) is 11.0. The lowest BCUT2D eigenvalue weighted by atomic mass is 10.2. The number of anilines is 1. The van der Waals surface area contributed by atoms with Crippen molar-refractivity contribution in [2.75, 3.05) is 26.3 Å². The molecule has 1 aliphatic heterocycles. The smallest absolute Gasteiger partial charge is 0.332 e. The zero-order valence-corrected chi connectivity index (χ0v) is 19.5. The van der Waals surface area contributed by atoms with Gasteiger partial charge in [0.05, 0.1) is 32.0 Å². The van der Waals surface area contributed by atoms with Gasteiger partial charge in [-0.3, -0.25) is 18.7 Å². The van der Waals surface area contributed by atoms with Crippen molar-refractivity contribution in [1.29, 1.82) is 0 Å². The maximum atomic E-state index is 13.5. The van der Waals surface area contributed by atoms with Crippen molar-refractivity contribution in [1.82, 2.24) is 14.1 Å². The number of fused-ring (bicyclic) bond motifs is 2. The Morgan fingerprint density at radius 2 is 1.86 bits per heavy atom. The highest BCUT2D eigenvalue weighted by Crippen LogP contribution is 2.32. The summed E-state index contributed by atoms with van der Waals surface area (Å²) in [6.45, 7) is -0.284. The minimum absolute atomic E-state index is 0.0356. The van der Waals surface area contributed by atoms with E-state index >= 15 is 0 Å². The molecule has 0 unspecified atom stereocenters. The summed E-state index contributed by atoms with van der Waals surface area (Å²) in [5.41, 5.74) is 0.161. The Hall–Kier alpha value is -4.80. The van der Waals surface area contributed by atoms with E-state index in [4.69, 9.17) is 18.9 Å². The molecule has 0 atom stereocenters. The number of benzene rings is 2. The van der Waals surface area contributed by atoms with Gasteiger partial charge in [-0.2, -0.15) is 0 Å². The Kier molecular flexibility index (Phi) is 6.03. The van der Waals surface area contributed by atoms with Crippen molar-refractivity contribution in [3.05, 3.63) is 81.1 Å². The lowest BCUT2D eigenvalue weighted by molar-refractivity contribution is -0.116. The van der Waals surface area contributed by atoms with E-state index in [1.54, 1.807) is 48.5 Å². The fourth-order valence-corrected chi connectivity index (χ4v) is 4.00. The second-order valence-corrected chi connectivity index (χ2v) is 7.93. The Labute approximate surface area is 204 Å². The minimum Gasteiger partial charge on any atom is -0.497 e. The Bertz CT molecular complexity index is 1590. The molecule has 2 aromatic carbocycles. The number of pyridine rings is 1. The topological polar surface area (TPSA) is 123 Å². The van der Waals surface area contributed by atoms with Gasteiger partial charge in [0.1, 0.15) is 18.0 Å². The van der Waals surface area contributed by atoms with Crippen LogP contribution in [-0.2, 0) is 17.9 Å². The number of carbonyl (C=O) groups is 1. The van der Waals surface area contributed by atoms with E-state index in [0.29, 0.717) is 34.2 Å². The minimum atomic E-state index is -0.647. The molecule has 36 heavy (non-hydrogen) atoms. The maximum absolute atomic E-state index is 13.5. The molecule has 1 aliphatic rings. The first-order chi connectivity index (χ1) is 17.5. The number of ether oxygens (including phenoxy) is 4. The summed E-state index contributed by atoms with van der Waals surface area (Å²) in [6.07, 6.45) is 1.46. The molecule has 0 fully saturated rings. The Balaban J connectivity index is 1.52. The van der Waals surface area contributed by atoms with Gasteiger partial charge in [0, 0.05) is 12.3 Å². The molecule has 1 amide bonds. The van der Waals surface area contributed by atoms with Crippen LogP contribution >= 0.6 is 0 Å². The van der Waals surface area contributed by atoms with E-state index < -0.39 is 17.2 Å². The van der Waals surface area contributed by atoms with Crippen LogP contribution < -0.4 is 35.5 Å². The number of hydrogen-bond acceptors (Lipinski definition) is 8. The number of methoxy groups -OCH3 is 2. The summed E-state index contributed by atoms with van der Waals surface area (Å²) < 4.78 is 23.5. The zero-order valence-electron chi connectivity index (χ0n) is 19.5. The summed E-state index contributed by atoms with van der Waals surface area (Å²) in [5.74, 6) is 1.58. The van der Waals surface area contributed by atoms with Gasteiger partial charge in [-0.1, -0.05) is 6.07 Å². The van der Waals surface area contributed by atoms with Crippen LogP contribution in [0.4, 0.5) is 5.69 Å². The predicted molar refractivity (Wildman–Crippen MR) is 130 cm³/mol. The molecule has 0 bridgehead atoms. The number of aromatic nitrogens is 3. The van der Waals surface area contributed by atoms with Crippen molar-refractivity contribution >= 4 is 22.6 Å². The highest BCUT2D eigenvalue weighted by atomic mass is 16.7. The molecule has 5 rings (SSSR count). The summed E-state index contributed by atoms with van der Waals surface area (Å²) in [4.78, 5) is 43.8. The van der Waals surface area contributed by atoms with Crippen molar-refractivity contribution in [3.8, 4) is 23.0 Å². The number of nitrogens with one attached hydrogen (secondary N) is 1. The Morgan fingerprint density at radius 3 is 2.67 bits per heavy atom. The first-order valence-electron chi connectivity index (χ1n) is 11.0. The molecule has 2 aromatic heterocycles. The van der Waals surface area contributed by atoms with E-state index in [0.717, 1.165) is 4.57 Å². The van der Waals surface area contributed by atoms with Crippen LogP contribution in [0.25, 0.3) is 11.0 Å². The van der Waals surface area contributed by atoms with Crippen molar-refractivity contribution in [3.63, 3.8) is 0 Å². The Morgan fingerprint density at radius 1 is 1.03 bits per heavy atom. The van der Waals surface area contributed by atoms with E-state index in [-0.39, 0.29) is 30.9 Å². The van der Waals surface area contributed by atoms with Crippen molar-refractivity contribution in [2.45, 2.75) is 13.1 Å². The van der Waals surface area contributed by atoms with Crippen LogP contribution in [-0.4, -0.2) is 41.0 Å². The number of rotatable bonds is 7. The molecule has 0 spiro atoms. The quantitative estimate of drug-likeness (QED) is 0.417. The molecule has 3 heterocycles. The largest absolute Gasteiger partial charge is 0.497 e. The highest BCUT2D eigenvalue weighted by molar-refractivity contribution is 5.93. The van der Waals surface area contributed by atoms with Crippen LogP contribution in [0.3, 0.4) is 0 Å². The molecule has 0 radical (unpaired) electrons. The van der Waals surface area contributed by atoms with Gasteiger partial charge in [0.2, 0.25) is 12.7 Å². The normalized spacial score (nSPS) is 11.9. The van der Waals surface area contributed by atoms with Crippen LogP contribution in [0.15, 0.2) is 64.3 Å². The molecule has 0 saturated carbocycles. The summed E-state index contributed by atoms with van der Waals surface area (Å²) in [6, 6.07) is 13.3. The first kappa shape index (κ1) is 23.0. The molecule has 11 heteroatoms. The number of amides is 1. The van der Waals surface area contributed by atoms with Gasteiger partial charge in [0.25, 0.3) is 5.56 Å². The van der Waals surface area contributed by atoms with Crippen LogP contribution in [0.2, 0.25) is 0 Å². The second-order valence-electron chi connectivity index (χ2n) is 7.93. The second kappa shape index (κ2) is 9.45. The molecule has 184 valence electrons. The van der Waals surface area contributed by atoms with Crippen LogP contribution in [0.5, 0.6) is 23.0 Å². The molecule has 4 aromatic rings. The standard InChI is InChI=1S/C25H22N4O7/c1-33-16-6-8-19(34-2)17(11-16)27-22(30)13-28-18-4-3-9-26-23(18)24(31)29(25(28)32)12-15-5-7-20-21(10-15)36-14-35-20/h3-11H,12-14H2,1-2H3,(H,27,30). The summed E-state index contributed by atoms with van der Waals surface area (Å²) >= 11 is 0. The lowest BCUT2D eigenvalue weighted by Crippen LogP contribution is -2.42. The van der Waals surface area contributed by atoms with Gasteiger partial charge >= 0.3 is 5.69 Å². The van der Waals surface area contributed by atoms with Gasteiger partial charge in [-0.15, -0.1) is 0 Å². The van der Waals surface area contributed by atoms with E-state index in [9.17, 15) is 14.4 Å². The SMILES string of the molecule is COc1ccc(OC)c(NC(=O)Cn2c(=O)n(Cc3ccc4c(c3)OCO4)c(=O)c3ncccc32)c1. The molecular formula is C25H22N4O7. The van der Waals surface area contributed by atoms with Gasteiger partial charge in [-0.05, 0) is 42.0 Å². The lowest BCUT2D eigenvalue weighted by Gasteiger charge is -2.15. The fourth-order valence-electron chi connectivity index (χ4n) is 4.00. The van der Waals surface area contributed by atoms with E-state index in [2.05, 4.69) is 10.3 Å². The molecule has 0 aliphatic carbocycles. The summed E-state index contributed by atoms with van der Waals surface area (Å²) in [5, 5.41) is 2.75. The van der Waals surface area contributed by atoms with E-state index in [1.807, 2.05) is 0 Å². The number of hydrogen-bond donors (Lipinski definition) is 1. The molecule has 1 N–H and O–H groups in total. The summed E-state index contributed by atoms with van der Waals surface area (Å²) in [7, 11) is 2.99. The average molecular weight is 490 g/mol. The zero-order chi connectivity index (χ0) is 25.2. The predicted octanol–water partition coefficient (Wildman–Crippen LogP) is 1.99. The fraction of sp³-hybridized carbons (Fsp3) is 0.200. The molecule has 11 nitrogen and oxygen atoms in total. The van der Waals surface area contributed by atoms with E-state index in [1.165, 1.54) is 25.0 Å². The van der Waals surface area contributed by atoms with Crippen molar-refractivity contribution in [2.24, 2.45) is 0 Å². The van der Waals surface area contributed by atoms with Gasteiger partial charge in [-0.25, -0.2) is 9.78 Å². The maximum Gasteiger partial charge on any atom is 0.332 e. The van der Waals surface area contributed by atoms with Gasteiger partial charge in [0.15, 0.2) is 17.0 Å².